The molecule has 0 unspecified atom stereocenters. The average molecular weight is 483 g/mol. The van der Waals surface area contributed by atoms with Gasteiger partial charge < -0.3 is 25.0 Å². The smallest absolute Gasteiger partial charge is 0.336 e. The number of piperazine rings is 1. The van der Waals surface area contributed by atoms with Gasteiger partial charge >= 0.3 is 5.97 Å². The summed E-state index contributed by atoms with van der Waals surface area (Å²) in [6.07, 6.45) is 0. The number of benzene rings is 3. The molecule has 0 bridgehead atoms. The van der Waals surface area contributed by atoms with Gasteiger partial charge in [0.2, 0.25) is 0 Å². The molecule has 1 aliphatic rings. The van der Waals surface area contributed by atoms with Crippen molar-refractivity contribution in [1.82, 2.24) is 4.98 Å². The van der Waals surface area contributed by atoms with Crippen molar-refractivity contribution in [2.75, 3.05) is 48.4 Å². The number of hydrogen-bond acceptors (Lipinski definition) is 6. The molecular formula is C28H26N4O4. The average Bonchev–Trinajstić information content (AvgIpc) is 2.93. The van der Waals surface area contributed by atoms with Crippen molar-refractivity contribution in [2.24, 2.45) is 0 Å². The van der Waals surface area contributed by atoms with Crippen LogP contribution in [-0.4, -0.2) is 55.3 Å². The fourth-order valence-corrected chi connectivity index (χ4v) is 4.49. The minimum absolute atomic E-state index is 0.147. The summed E-state index contributed by atoms with van der Waals surface area (Å²) >= 11 is 0. The SMILES string of the molecule is COc1ccccc1C(=O)Nc1ccc2nc(N3CCN(c4ccccc4)CC3)cc(C(=O)O)c2c1. The molecule has 5 rings (SSSR count). The molecule has 0 aliphatic carbocycles. The molecule has 2 N–H and O–H groups in total. The number of carbonyl (C=O) groups excluding carboxylic acids is 1. The van der Waals surface area contributed by atoms with E-state index in [0.717, 1.165) is 26.2 Å². The first kappa shape index (κ1) is 23.2. The Hall–Kier alpha value is -4.59. The van der Waals surface area contributed by atoms with Crippen LogP contribution in [0.5, 0.6) is 5.75 Å². The molecule has 1 fully saturated rings. The molecular weight excluding hydrogens is 456 g/mol. The minimum Gasteiger partial charge on any atom is -0.496 e. The van der Waals surface area contributed by atoms with Gasteiger partial charge in [-0.15, -0.1) is 0 Å². The van der Waals surface area contributed by atoms with Gasteiger partial charge in [0.25, 0.3) is 5.91 Å². The van der Waals surface area contributed by atoms with Crippen LogP contribution >= 0.6 is 0 Å². The zero-order chi connectivity index (χ0) is 25.1. The number of amides is 1. The number of carboxylic acids is 1. The summed E-state index contributed by atoms with van der Waals surface area (Å²) in [6, 6.07) is 23.9. The predicted molar refractivity (Wildman–Crippen MR) is 141 cm³/mol. The van der Waals surface area contributed by atoms with Crippen molar-refractivity contribution >= 4 is 40.0 Å². The Labute approximate surface area is 208 Å². The maximum atomic E-state index is 12.8. The number of para-hydroxylation sites is 2. The quantitative estimate of drug-likeness (QED) is 0.417. The summed E-state index contributed by atoms with van der Waals surface area (Å²) in [5.41, 5.74) is 2.76. The second-order valence-electron chi connectivity index (χ2n) is 8.53. The van der Waals surface area contributed by atoms with Crippen LogP contribution in [0.15, 0.2) is 78.9 Å². The summed E-state index contributed by atoms with van der Waals surface area (Å²) in [4.78, 5) is 34.2. The van der Waals surface area contributed by atoms with Crippen molar-refractivity contribution in [3.05, 3.63) is 90.0 Å². The molecule has 0 spiro atoms. The number of carbonyl (C=O) groups is 2. The lowest BCUT2D eigenvalue weighted by atomic mass is 10.1. The Kier molecular flexibility index (Phi) is 6.40. The van der Waals surface area contributed by atoms with Gasteiger partial charge in [-0.2, -0.15) is 0 Å². The fourth-order valence-electron chi connectivity index (χ4n) is 4.49. The van der Waals surface area contributed by atoms with Crippen LogP contribution < -0.4 is 19.9 Å². The number of fused-ring (bicyclic) bond motifs is 1. The van der Waals surface area contributed by atoms with Crippen molar-refractivity contribution in [2.45, 2.75) is 0 Å². The maximum absolute atomic E-state index is 12.8. The normalized spacial score (nSPS) is 13.5. The van der Waals surface area contributed by atoms with Crippen LogP contribution in [0.25, 0.3) is 10.9 Å². The monoisotopic (exact) mass is 482 g/mol. The van der Waals surface area contributed by atoms with E-state index >= 15 is 0 Å². The standard InChI is InChI=1S/C28H26N4O4/c1-36-25-10-6-5-9-21(25)27(33)29-19-11-12-24-22(17-19)23(28(34)35)18-26(30-24)32-15-13-31(14-16-32)20-7-3-2-4-8-20/h2-12,17-18H,13-16H2,1H3,(H,29,33)(H,34,35). The summed E-state index contributed by atoms with van der Waals surface area (Å²) in [7, 11) is 1.51. The first-order valence-electron chi connectivity index (χ1n) is 11.7. The number of nitrogens with zero attached hydrogens (tertiary/aromatic N) is 3. The molecule has 1 aliphatic heterocycles. The van der Waals surface area contributed by atoms with Gasteiger partial charge in [0.15, 0.2) is 0 Å². The van der Waals surface area contributed by atoms with Crippen LogP contribution in [0.4, 0.5) is 17.2 Å². The maximum Gasteiger partial charge on any atom is 0.336 e. The molecule has 2 heterocycles. The Morgan fingerprint density at radius 2 is 1.56 bits per heavy atom. The number of methoxy groups -OCH3 is 1. The van der Waals surface area contributed by atoms with Gasteiger partial charge in [-0.3, -0.25) is 4.79 Å². The van der Waals surface area contributed by atoms with Crippen molar-refractivity contribution in [1.29, 1.82) is 0 Å². The second kappa shape index (κ2) is 9.95. The van der Waals surface area contributed by atoms with E-state index in [1.165, 1.54) is 12.8 Å². The van der Waals surface area contributed by atoms with E-state index in [2.05, 4.69) is 27.2 Å². The lowest BCUT2D eigenvalue weighted by Crippen LogP contribution is -2.46. The lowest BCUT2D eigenvalue weighted by Gasteiger charge is -2.37. The third kappa shape index (κ3) is 4.65. The van der Waals surface area contributed by atoms with E-state index in [1.807, 2.05) is 18.2 Å². The van der Waals surface area contributed by atoms with E-state index < -0.39 is 5.97 Å². The van der Waals surface area contributed by atoms with Crippen LogP contribution in [0.1, 0.15) is 20.7 Å². The molecule has 182 valence electrons. The number of anilines is 3. The Balaban J connectivity index is 1.39. The van der Waals surface area contributed by atoms with Gasteiger partial charge in [-0.1, -0.05) is 30.3 Å². The summed E-state index contributed by atoms with van der Waals surface area (Å²) < 4.78 is 5.27. The second-order valence-corrected chi connectivity index (χ2v) is 8.53. The highest BCUT2D eigenvalue weighted by molar-refractivity contribution is 6.09. The first-order chi connectivity index (χ1) is 17.5. The highest BCUT2D eigenvalue weighted by atomic mass is 16.5. The third-order valence-electron chi connectivity index (χ3n) is 6.36. The summed E-state index contributed by atoms with van der Waals surface area (Å²) in [6.45, 7) is 3.11. The van der Waals surface area contributed by atoms with Crippen LogP contribution in [-0.2, 0) is 0 Å². The molecule has 8 nitrogen and oxygen atoms in total. The van der Waals surface area contributed by atoms with E-state index in [-0.39, 0.29) is 11.5 Å². The molecule has 4 aromatic rings. The molecule has 1 amide bonds. The van der Waals surface area contributed by atoms with Crippen molar-refractivity contribution in [3.63, 3.8) is 0 Å². The topological polar surface area (TPSA) is 95.0 Å². The molecule has 8 heteroatoms. The summed E-state index contributed by atoms with van der Waals surface area (Å²) in [5.74, 6) is -0.288. The highest BCUT2D eigenvalue weighted by Crippen LogP contribution is 2.28. The van der Waals surface area contributed by atoms with Gasteiger partial charge in [-0.25, -0.2) is 9.78 Å². The fraction of sp³-hybridized carbons (Fsp3) is 0.179. The molecule has 0 saturated carbocycles. The largest absolute Gasteiger partial charge is 0.496 e. The van der Waals surface area contributed by atoms with Crippen molar-refractivity contribution in [3.8, 4) is 5.75 Å². The first-order valence-corrected chi connectivity index (χ1v) is 11.7. The zero-order valence-corrected chi connectivity index (χ0v) is 19.8. The van der Waals surface area contributed by atoms with Gasteiger partial charge in [0.1, 0.15) is 11.6 Å². The zero-order valence-electron chi connectivity index (χ0n) is 19.8. The Morgan fingerprint density at radius 1 is 0.861 bits per heavy atom. The number of pyridine rings is 1. The number of ether oxygens (including phenoxy) is 1. The third-order valence-corrected chi connectivity index (χ3v) is 6.36. The summed E-state index contributed by atoms with van der Waals surface area (Å²) in [5, 5.41) is 13.3. The molecule has 3 aromatic carbocycles. The molecule has 1 saturated heterocycles. The van der Waals surface area contributed by atoms with Gasteiger partial charge in [0, 0.05) is 42.9 Å². The number of nitrogens with one attached hydrogen (secondary N) is 1. The number of aromatic carboxylic acids is 1. The van der Waals surface area contributed by atoms with Crippen LogP contribution in [0, 0.1) is 0 Å². The minimum atomic E-state index is -1.04. The molecule has 36 heavy (non-hydrogen) atoms. The Bertz CT molecular complexity index is 1420. The van der Waals surface area contributed by atoms with E-state index in [4.69, 9.17) is 9.72 Å². The predicted octanol–water partition coefficient (Wildman–Crippen LogP) is 4.52. The van der Waals surface area contributed by atoms with Gasteiger partial charge in [-0.05, 0) is 48.5 Å². The van der Waals surface area contributed by atoms with Crippen molar-refractivity contribution < 1.29 is 19.4 Å². The number of carboxylic acid groups (broad SMARTS) is 1. The van der Waals surface area contributed by atoms with E-state index in [1.54, 1.807) is 48.5 Å². The van der Waals surface area contributed by atoms with Gasteiger partial charge in [0.05, 0.1) is 23.8 Å². The van der Waals surface area contributed by atoms with Crippen LogP contribution in [0.2, 0.25) is 0 Å². The number of rotatable bonds is 6. The van der Waals surface area contributed by atoms with E-state index in [0.29, 0.717) is 33.7 Å². The van der Waals surface area contributed by atoms with Crippen LogP contribution in [0.3, 0.4) is 0 Å². The highest BCUT2D eigenvalue weighted by Gasteiger charge is 2.21. The molecule has 1 aromatic heterocycles. The van der Waals surface area contributed by atoms with E-state index in [9.17, 15) is 14.7 Å². The Morgan fingerprint density at radius 3 is 2.28 bits per heavy atom. The number of hydrogen-bond donors (Lipinski definition) is 2. The number of aromatic nitrogens is 1. The molecule has 0 atom stereocenters. The lowest BCUT2D eigenvalue weighted by molar-refractivity contribution is 0.0698. The molecule has 0 radical (unpaired) electrons.